The van der Waals surface area contributed by atoms with E-state index in [1.165, 1.54) is 109 Å². The van der Waals surface area contributed by atoms with E-state index in [0.717, 1.165) is 90.4 Å². The number of nitrogens with zero attached hydrogens (tertiary/aromatic N) is 3. The summed E-state index contributed by atoms with van der Waals surface area (Å²) in [6, 6.07) is -0.967. The minimum absolute atomic E-state index is 0.0622. The number of alkyl carbamates (subject to hydrolysis) is 2. The van der Waals surface area contributed by atoms with Crippen LogP contribution in [-0.2, 0) is 33.4 Å². The van der Waals surface area contributed by atoms with Gasteiger partial charge in [0, 0.05) is 32.4 Å². The predicted molar refractivity (Wildman–Crippen MR) is 292 cm³/mol. The lowest BCUT2D eigenvalue weighted by Gasteiger charge is -2.26. The van der Waals surface area contributed by atoms with Crippen LogP contribution in [0.4, 0.5) is 14.4 Å². The summed E-state index contributed by atoms with van der Waals surface area (Å²) in [5.41, 5.74) is -0.512. The van der Waals surface area contributed by atoms with Gasteiger partial charge in [-0.05, 0) is 112 Å². The summed E-state index contributed by atoms with van der Waals surface area (Å²) in [6.45, 7) is 14.0. The standard InChI is InChI=1S/C57H106N6O10/c1-8-10-12-14-16-18-20-22-24-26-28-30-32-38-50(71-54(67)58-42-36-46-61(6)44-34-35-45-62(7)47-37-43-59-55(68)72-57(3,4)5)49(48-70-56(69)73-63-52(65)40-41-53(63)66)60-51(64)39-33-31-29-27-25-23-21-19-17-15-13-11-9-2/h32,38,49-50H,8-31,33-37,39-48H2,1-7H3,(H,58,67)(H,59,68)(H,60,64)/b38-32+/t49-,50+/m0/s1. The fraction of sp³-hybridized carbons (Fsp3) is 0.860. The molecule has 1 aliphatic rings. The average molecular weight is 1040 g/mol. The number of ether oxygens (including phenoxy) is 3. The van der Waals surface area contributed by atoms with Gasteiger partial charge in [0.1, 0.15) is 24.4 Å². The highest BCUT2D eigenvalue weighted by molar-refractivity contribution is 6.01. The molecule has 0 radical (unpaired) electrons. The summed E-state index contributed by atoms with van der Waals surface area (Å²) in [7, 11) is 4.15. The van der Waals surface area contributed by atoms with E-state index in [1.54, 1.807) is 6.08 Å². The van der Waals surface area contributed by atoms with Crippen LogP contribution in [0.2, 0.25) is 0 Å². The number of hydroxylamine groups is 2. The molecular weight excluding hydrogens is 929 g/mol. The number of amides is 5. The summed E-state index contributed by atoms with van der Waals surface area (Å²) in [5, 5.41) is 9.04. The van der Waals surface area contributed by atoms with Gasteiger partial charge in [-0.3, -0.25) is 19.2 Å². The molecular formula is C57H106N6O10. The van der Waals surface area contributed by atoms with E-state index < -0.39 is 54.5 Å². The molecule has 0 unspecified atom stereocenters. The van der Waals surface area contributed by atoms with Gasteiger partial charge in [0.2, 0.25) is 5.91 Å². The third-order valence-electron chi connectivity index (χ3n) is 13.0. The second-order valence-electron chi connectivity index (χ2n) is 21.4. The van der Waals surface area contributed by atoms with Crippen molar-refractivity contribution in [1.82, 2.24) is 30.8 Å². The Balaban J connectivity index is 2.80. The van der Waals surface area contributed by atoms with Crippen LogP contribution in [0.5, 0.6) is 0 Å². The van der Waals surface area contributed by atoms with Crippen molar-refractivity contribution in [3.63, 3.8) is 0 Å². The molecule has 0 aromatic rings. The van der Waals surface area contributed by atoms with Gasteiger partial charge in [0.25, 0.3) is 11.8 Å². The van der Waals surface area contributed by atoms with Crippen molar-refractivity contribution < 1.29 is 47.8 Å². The number of carbonyl (C=O) groups excluding carboxylic acids is 6. The molecule has 1 heterocycles. The van der Waals surface area contributed by atoms with E-state index in [-0.39, 0.29) is 25.2 Å². The van der Waals surface area contributed by atoms with Crippen LogP contribution in [-0.4, -0.2) is 129 Å². The summed E-state index contributed by atoms with van der Waals surface area (Å²) in [6.07, 6.45) is 33.8. The molecule has 3 N–H and O–H groups in total. The zero-order valence-corrected chi connectivity index (χ0v) is 47.3. The fourth-order valence-corrected chi connectivity index (χ4v) is 8.68. The molecule has 73 heavy (non-hydrogen) atoms. The molecule has 1 aliphatic heterocycles. The highest BCUT2D eigenvalue weighted by atomic mass is 16.8. The number of hydrogen-bond acceptors (Lipinski definition) is 12. The van der Waals surface area contributed by atoms with Gasteiger partial charge < -0.3 is 40.0 Å². The lowest BCUT2D eigenvalue weighted by Crippen LogP contribution is -2.49. The minimum atomic E-state index is -1.27. The number of carbonyl (C=O) groups is 6. The molecule has 1 rings (SSSR count). The third-order valence-corrected chi connectivity index (χ3v) is 13.0. The topological polar surface area (TPSA) is 185 Å². The van der Waals surface area contributed by atoms with Crippen molar-refractivity contribution >= 4 is 36.1 Å². The van der Waals surface area contributed by atoms with Gasteiger partial charge in [0.05, 0.1) is 0 Å². The largest absolute Gasteiger partial charge is 0.534 e. The normalized spacial score (nSPS) is 13.7. The number of imide groups is 1. The van der Waals surface area contributed by atoms with Gasteiger partial charge in [-0.15, -0.1) is 0 Å². The number of rotatable bonds is 46. The molecule has 2 atom stereocenters. The summed E-state index contributed by atoms with van der Waals surface area (Å²) in [4.78, 5) is 85.2. The van der Waals surface area contributed by atoms with Crippen molar-refractivity contribution in [2.45, 2.75) is 258 Å². The second-order valence-corrected chi connectivity index (χ2v) is 21.4. The van der Waals surface area contributed by atoms with E-state index in [2.05, 4.69) is 53.7 Å². The molecule has 0 saturated carbocycles. The first kappa shape index (κ1) is 67.1. The first-order valence-electron chi connectivity index (χ1n) is 29.1. The van der Waals surface area contributed by atoms with Gasteiger partial charge >= 0.3 is 18.3 Å². The van der Waals surface area contributed by atoms with Gasteiger partial charge in [-0.2, -0.15) is 0 Å². The highest BCUT2D eigenvalue weighted by Crippen LogP contribution is 2.17. The third kappa shape index (κ3) is 40.1. The minimum Gasteiger partial charge on any atom is -0.444 e. The Morgan fingerprint density at radius 2 is 1.01 bits per heavy atom. The van der Waals surface area contributed by atoms with Gasteiger partial charge in [0.15, 0.2) is 0 Å². The molecule has 0 aliphatic carbocycles. The van der Waals surface area contributed by atoms with Crippen LogP contribution in [0.15, 0.2) is 12.2 Å². The van der Waals surface area contributed by atoms with Crippen LogP contribution >= 0.6 is 0 Å². The molecule has 1 fully saturated rings. The monoisotopic (exact) mass is 1030 g/mol. The molecule has 0 spiro atoms. The summed E-state index contributed by atoms with van der Waals surface area (Å²) >= 11 is 0. The number of hydrogen-bond donors (Lipinski definition) is 3. The Hall–Kier alpha value is -3.92. The maximum absolute atomic E-state index is 13.5. The zero-order chi connectivity index (χ0) is 53.8. The maximum atomic E-state index is 13.5. The molecule has 16 heteroatoms. The predicted octanol–water partition coefficient (Wildman–Crippen LogP) is 12.5. The van der Waals surface area contributed by atoms with Crippen LogP contribution in [0.3, 0.4) is 0 Å². The fourth-order valence-electron chi connectivity index (χ4n) is 8.68. The van der Waals surface area contributed by atoms with Crippen LogP contribution in [0.1, 0.15) is 240 Å². The van der Waals surface area contributed by atoms with Crippen molar-refractivity contribution in [3.05, 3.63) is 12.2 Å². The number of nitrogens with one attached hydrogen (secondary N) is 3. The number of unbranched alkanes of at least 4 members (excludes halogenated alkanes) is 24. The lowest BCUT2D eigenvalue weighted by atomic mass is 10.0. The SMILES string of the molecule is CCCCCCCCCCCCC/C=C/[C@@H](OC(=O)NCCCN(C)CCCCN(C)CCCNC(=O)OC(C)(C)C)[C@H](COC(=O)ON1C(=O)CCC1=O)NC(=O)CCCCCCCCCCCCCCC. The molecule has 1 saturated heterocycles. The smallest absolute Gasteiger partial charge is 0.444 e. The summed E-state index contributed by atoms with van der Waals surface area (Å²) in [5.74, 6) is -1.53. The van der Waals surface area contributed by atoms with Gasteiger partial charge in [-0.25, -0.2) is 14.4 Å². The van der Waals surface area contributed by atoms with E-state index in [9.17, 15) is 28.8 Å². The van der Waals surface area contributed by atoms with Gasteiger partial charge in [-0.1, -0.05) is 166 Å². The molecule has 0 bridgehead atoms. The quantitative estimate of drug-likeness (QED) is 0.0173. The Morgan fingerprint density at radius 3 is 1.48 bits per heavy atom. The second kappa shape index (κ2) is 44.4. The van der Waals surface area contributed by atoms with Crippen LogP contribution in [0, 0.1) is 0 Å². The van der Waals surface area contributed by atoms with Crippen molar-refractivity contribution in [2.75, 3.05) is 60.0 Å². The maximum Gasteiger partial charge on any atom is 0.534 e. The van der Waals surface area contributed by atoms with Crippen LogP contribution in [0.25, 0.3) is 0 Å². The van der Waals surface area contributed by atoms with E-state index >= 15 is 0 Å². The Morgan fingerprint density at radius 1 is 0.589 bits per heavy atom. The first-order valence-corrected chi connectivity index (χ1v) is 29.1. The molecule has 0 aromatic carbocycles. The zero-order valence-electron chi connectivity index (χ0n) is 47.3. The number of allylic oxidation sites excluding steroid dienone is 1. The highest BCUT2D eigenvalue weighted by Gasteiger charge is 2.34. The molecule has 16 nitrogen and oxygen atoms in total. The van der Waals surface area contributed by atoms with Crippen molar-refractivity contribution in [1.29, 1.82) is 0 Å². The van der Waals surface area contributed by atoms with Crippen LogP contribution < -0.4 is 16.0 Å². The van der Waals surface area contributed by atoms with Crippen molar-refractivity contribution in [2.24, 2.45) is 0 Å². The Labute approximate surface area is 443 Å². The summed E-state index contributed by atoms with van der Waals surface area (Å²) < 4.78 is 16.7. The van der Waals surface area contributed by atoms with E-state index in [1.807, 2.05) is 26.8 Å². The first-order chi connectivity index (χ1) is 35.1. The lowest BCUT2D eigenvalue weighted by molar-refractivity contribution is -0.177. The van der Waals surface area contributed by atoms with E-state index in [0.29, 0.717) is 31.0 Å². The molecule has 424 valence electrons. The Bertz CT molecular complexity index is 1480. The Kier molecular flexibility index (Phi) is 40.8. The van der Waals surface area contributed by atoms with Crippen molar-refractivity contribution in [3.8, 4) is 0 Å². The molecule has 5 amide bonds. The molecule has 0 aromatic heterocycles. The average Bonchev–Trinajstić information content (AvgIpc) is 3.66. The van der Waals surface area contributed by atoms with E-state index in [4.69, 9.17) is 19.0 Å².